The summed E-state index contributed by atoms with van der Waals surface area (Å²) in [6, 6.07) is 11.0. The third-order valence-corrected chi connectivity index (χ3v) is 9.61. The number of aliphatic imine (C=N–C) groups is 3. The van der Waals surface area contributed by atoms with E-state index in [2.05, 4.69) is 24.4 Å². The van der Waals surface area contributed by atoms with Crippen LogP contribution in [0, 0.1) is 0 Å². The number of pyridine rings is 1. The van der Waals surface area contributed by atoms with Crippen LogP contribution >= 0.6 is 0 Å². The van der Waals surface area contributed by atoms with Gasteiger partial charge in [-0.3, -0.25) is 39.4 Å². The Labute approximate surface area is 323 Å². The molecule has 0 unspecified atom stereocenters. The van der Waals surface area contributed by atoms with Gasteiger partial charge < -0.3 is 35.2 Å². The number of hydrogen-bond acceptors (Lipinski definition) is 14. The van der Waals surface area contributed by atoms with E-state index in [1.807, 2.05) is 46.2 Å². The van der Waals surface area contributed by atoms with Gasteiger partial charge in [0.2, 0.25) is 0 Å². The number of carbonyl (C=O) groups is 3. The van der Waals surface area contributed by atoms with Crippen LogP contribution in [-0.2, 0) is 20.9 Å². The SMILES string of the molecule is C[C@H](N=C([O-])CN1CCN(CCn2c3ccccc3c(=O)c3ccccc32)CCN(CC([O-])=N[C@@H](C)C(=O)O)CCN(CC([O-])=N[C@@H](C)C(=O)O)CC1)C(=O)O. The molecule has 0 bridgehead atoms. The number of carboxylic acids is 3. The molecule has 0 radical (unpaired) electrons. The highest BCUT2D eigenvalue weighted by Gasteiger charge is 2.19. The minimum atomic E-state index is -1.26. The number of carboxylic acid groups (broad SMARTS) is 3. The van der Waals surface area contributed by atoms with Gasteiger partial charge in [0.1, 0.15) is 18.1 Å². The highest BCUT2D eigenvalue weighted by atomic mass is 16.4. The summed E-state index contributed by atoms with van der Waals surface area (Å²) in [7, 11) is 0. The molecule has 3 aromatic rings. The Morgan fingerprint density at radius 1 is 0.554 bits per heavy atom. The van der Waals surface area contributed by atoms with Gasteiger partial charge >= 0.3 is 17.9 Å². The molecule has 0 amide bonds. The summed E-state index contributed by atoms with van der Waals surface area (Å²) >= 11 is 0. The van der Waals surface area contributed by atoms with Gasteiger partial charge in [-0.15, -0.1) is 0 Å². The van der Waals surface area contributed by atoms with Gasteiger partial charge in [-0.05, 0) is 62.7 Å². The van der Waals surface area contributed by atoms with E-state index in [-0.39, 0.29) is 51.2 Å². The van der Waals surface area contributed by atoms with Gasteiger partial charge in [-0.25, -0.2) is 14.4 Å². The van der Waals surface area contributed by atoms with Crippen molar-refractivity contribution in [3.63, 3.8) is 0 Å². The second kappa shape index (κ2) is 20.5. The smallest absolute Gasteiger partial charge is 0.328 e. The van der Waals surface area contributed by atoms with Crippen LogP contribution in [0.4, 0.5) is 0 Å². The number of nitrogens with zero attached hydrogens (tertiary/aromatic N) is 8. The maximum atomic E-state index is 13.4. The van der Waals surface area contributed by atoms with Crippen molar-refractivity contribution in [2.45, 2.75) is 45.4 Å². The predicted molar refractivity (Wildman–Crippen MR) is 205 cm³/mol. The fraction of sp³-hybridized carbons (Fsp3) is 0.500. The van der Waals surface area contributed by atoms with E-state index in [4.69, 9.17) is 0 Å². The Morgan fingerprint density at radius 2 is 0.857 bits per heavy atom. The molecule has 2 heterocycles. The lowest BCUT2D eigenvalue weighted by Gasteiger charge is -2.36. The van der Waals surface area contributed by atoms with Gasteiger partial charge in [0.25, 0.3) is 0 Å². The second-order valence-corrected chi connectivity index (χ2v) is 13.8. The molecule has 3 N–H and O–H groups in total. The lowest BCUT2D eigenvalue weighted by atomic mass is 10.1. The van der Waals surface area contributed by atoms with Crippen LogP contribution < -0.4 is 20.7 Å². The summed E-state index contributed by atoms with van der Waals surface area (Å²) < 4.78 is 2.09. The number of para-hydroxylation sites is 2. The summed E-state index contributed by atoms with van der Waals surface area (Å²) in [5, 5.41) is 67.8. The number of benzene rings is 2. The first-order valence-corrected chi connectivity index (χ1v) is 18.4. The molecule has 1 aliphatic rings. The number of aliphatic carboxylic acids is 3. The Kier molecular flexibility index (Phi) is 15.8. The molecule has 1 fully saturated rings. The minimum Gasteiger partial charge on any atom is -0.861 e. The maximum Gasteiger partial charge on any atom is 0.328 e. The van der Waals surface area contributed by atoms with E-state index in [1.54, 1.807) is 17.0 Å². The second-order valence-electron chi connectivity index (χ2n) is 13.8. The van der Waals surface area contributed by atoms with Crippen molar-refractivity contribution < 1.29 is 45.0 Å². The number of hydrogen-bond donors (Lipinski definition) is 3. The molecule has 56 heavy (non-hydrogen) atoms. The van der Waals surface area contributed by atoms with Crippen molar-refractivity contribution in [3.8, 4) is 0 Å². The van der Waals surface area contributed by atoms with Crippen LogP contribution in [0.3, 0.4) is 0 Å². The van der Waals surface area contributed by atoms with Gasteiger partial charge in [-0.1, -0.05) is 24.3 Å². The van der Waals surface area contributed by atoms with Gasteiger partial charge in [-0.2, -0.15) is 0 Å². The molecule has 304 valence electrons. The fourth-order valence-corrected chi connectivity index (χ4v) is 6.35. The normalized spacial score (nSPS) is 18.6. The standard InChI is InChI=1S/C38H52N8O10/c1-25(36(51)52)39-32(47)22-43-14-12-42(20-21-46-30-10-6-4-8-28(30)35(50)29-9-5-7-11-31(29)46)13-15-44(23-33(48)40-26(2)37(53)54)17-19-45(18-16-43)24-34(49)41-27(3)38(55)56/h4-11,25-27H,12-24H2,1-3H3,(H,39,47)(H,40,48)(H,41,49)(H,51,52)(H,53,54)(H,55,56)/p-3/t25-,26-,27-/m0/s1. The summed E-state index contributed by atoms with van der Waals surface area (Å²) in [5.74, 6) is -5.65. The summed E-state index contributed by atoms with van der Waals surface area (Å²) in [4.78, 5) is 66.4. The van der Waals surface area contributed by atoms with Gasteiger partial charge in [0, 0.05) is 95.9 Å². The van der Waals surface area contributed by atoms with E-state index in [0.29, 0.717) is 50.0 Å². The molecular formula is C38H49N8O10-3. The predicted octanol–water partition coefficient (Wildman–Crippen LogP) is -1.93. The first-order valence-electron chi connectivity index (χ1n) is 18.4. The molecule has 2 aromatic carbocycles. The molecule has 1 aromatic heterocycles. The number of fused-ring (bicyclic) bond motifs is 2. The quantitative estimate of drug-likeness (QED) is 0.0864. The van der Waals surface area contributed by atoms with Crippen molar-refractivity contribution in [2.75, 3.05) is 78.5 Å². The zero-order chi connectivity index (χ0) is 40.9. The van der Waals surface area contributed by atoms with Crippen LogP contribution in [-0.4, -0.2) is 172 Å². The number of aromatic nitrogens is 1. The Hall–Kier alpha value is -5.43. The molecule has 18 nitrogen and oxygen atoms in total. The zero-order valence-electron chi connectivity index (χ0n) is 31.8. The molecule has 4 rings (SSSR count). The summed E-state index contributed by atoms with van der Waals surface area (Å²) in [5.41, 5.74) is 1.48. The lowest BCUT2D eigenvalue weighted by molar-refractivity contribution is -0.222. The van der Waals surface area contributed by atoms with Crippen LogP contribution in [0.15, 0.2) is 68.3 Å². The molecule has 1 saturated heterocycles. The average Bonchev–Trinajstić information content (AvgIpc) is 3.15. The third-order valence-electron chi connectivity index (χ3n) is 9.61. The van der Waals surface area contributed by atoms with E-state index in [9.17, 15) is 49.8 Å². The van der Waals surface area contributed by atoms with Crippen molar-refractivity contribution in [1.82, 2.24) is 24.2 Å². The monoisotopic (exact) mass is 777 g/mol. The fourth-order valence-electron chi connectivity index (χ4n) is 6.35. The summed E-state index contributed by atoms with van der Waals surface area (Å²) in [6.07, 6.45) is 0. The van der Waals surface area contributed by atoms with Crippen molar-refractivity contribution in [1.29, 1.82) is 0 Å². The molecule has 0 saturated carbocycles. The average molecular weight is 778 g/mol. The first kappa shape index (κ1) is 43.3. The molecule has 3 atom stereocenters. The highest BCUT2D eigenvalue weighted by Crippen LogP contribution is 2.19. The Bertz CT molecular complexity index is 1890. The van der Waals surface area contributed by atoms with E-state index < -0.39 is 53.7 Å². The lowest BCUT2D eigenvalue weighted by Crippen LogP contribution is -2.51. The van der Waals surface area contributed by atoms with Crippen molar-refractivity contribution >= 4 is 57.4 Å². The largest absolute Gasteiger partial charge is 0.861 e. The first-order chi connectivity index (χ1) is 26.6. The molecular weight excluding hydrogens is 728 g/mol. The van der Waals surface area contributed by atoms with Crippen LogP contribution in [0.2, 0.25) is 0 Å². The van der Waals surface area contributed by atoms with E-state index in [1.165, 1.54) is 20.8 Å². The summed E-state index contributed by atoms with van der Waals surface area (Å²) in [6.45, 7) is 6.71. The van der Waals surface area contributed by atoms with Gasteiger partial charge in [0.05, 0.1) is 11.0 Å². The molecule has 18 heteroatoms. The van der Waals surface area contributed by atoms with Crippen LogP contribution in [0.25, 0.3) is 21.8 Å². The van der Waals surface area contributed by atoms with E-state index in [0.717, 1.165) is 11.0 Å². The van der Waals surface area contributed by atoms with Crippen molar-refractivity contribution in [2.24, 2.45) is 15.0 Å². The van der Waals surface area contributed by atoms with Gasteiger partial charge in [0.15, 0.2) is 5.43 Å². The zero-order valence-corrected chi connectivity index (χ0v) is 31.8. The van der Waals surface area contributed by atoms with Crippen LogP contribution in [0.5, 0.6) is 0 Å². The van der Waals surface area contributed by atoms with Crippen molar-refractivity contribution in [3.05, 3.63) is 58.8 Å². The molecule has 1 aliphatic heterocycles. The molecule has 0 spiro atoms. The topological polar surface area (TPSA) is 253 Å². The Morgan fingerprint density at radius 3 is 1.18 bits per heavy atom. The van der Waals surface area contributed by atoms with Crippen LogP contribution in [0.1, 0.15) is 20.8 Å². The number of rotatable bonds is 15. The minimum absolute atomic E-state index is 0.0644. The highest BCUT2D eigenvalue weighted by molar-refractivity contribution is 5.93. The third kappa shape index (κ3) is 12.6. The molecule has 0 aliphatic carbocycles. The van der Waals surface area contributed by atoms with E-state index >= 15 is 0 Å². The maximum absolute atomic E-state index is 13.4. The Balaban J connectivity index is 1.66.